The molecule has 0 N–H and O–H groups in total. The highest BCUT2D eigenvalue weighted by Gasteiger charge is 2.37. The summed E-state index contributed by atoms with van der Waals surface area (Å²) in [5, 5.41) is 0. The van der Waals surface area contributed by atoms with Crippen molar-refractivity contribution in [1.29, 1.82) is 0 Å². The number of aromatic nitrogens is 1. The molecule has 0 bridgehead atoms. The van der Waals surface area contributed by atoms with Crippen LogP contribution in [0.2, 0.25) is 0 Å². The van der Waals surface area contributed by atoms with Crippen LogP contribution in [-0.2, 0) is 20.7 Å². The third-order valence-electron chi connectivity index (χ3n) is 6.85. The van der Waals surface area contributed by atoms with Crippen LogP contribution in [0.25, 0.3) is 0 Å². The molecule has 1 aromatic carbocycles. The van der Waals surface area contributed by atoms with Crippen LogP contribution >= 0.6 is 0 Å². The molecule has 1 aromatic heterocycles. The molecule has 2 amide bonds. The van der Waals surface area contributed by atoms with Crippen LogP contribution in [0.1, 0.15) is 49.2 Å². The molecule has 7 heteroatoms. The number of ketones is 1. The van der Waals surface area contributed by atoms with Crippen LogP contribution in [-0.4, -0.2) is 64.2 Å². The van der Waals surface area contributed by atoms with Gasteiger partial charge in [0.15, 0.2) is 11.5 Å². The van der Waals surface area contributed by atoms with Gasteiger partial charge in [0, 0.05) is 44.9 Å². The van der Waals surface area contributed by atoms with E-state index in [4.69, 9.17) is 4.74 Å². The number of amides is 2. The van der Waals surface area contributed by atoms with E-state index in [0.717, 1.165) is 24.8 Å². The largest absolute Gasteiger partial charge is 0.481 e. The van der Waals surface area contributed by atoms with Crippen molar-refractivity contribution in [2.75, 3.05) is 20.1 Å². The van der Waals surface area contributed by atoms with E-state index in [2.05, 4.69) is 17.1 Å². The third kappa shape index (κ3) is 5.96. The van der Waals surface area contributed by atoms with E-state index in [1.54, 1.807) is 23.2 Å². The van der Waals surface area contributed by atoms with Gasteiger partial charge in [0.25, 0.3) is 11.8 Å². The number of rotatable bonds is 6. The number of likely N-dealkylation sites (tertiary alicyclic amines) is 1. The SMILES string of the molecule is CN(C(=O)c1ccccn1)[C@H](Cc1ccccc1)C1CCN(C(=O)C2=CC(=O)CC(C)(C)O2)CC1. The van der Waals surface area contributed by atoms with Crippen molar-refractivity contribution in [1.82, 2.24) is 14.8 Å². The quantitative estimate of drug-likeness (QED) is 0.637. The number of ether oxygens (including phenoxy) is 1. The zero-order valence-electron chi connectivity index (χ0n) is 20.6. The van der Waals surface area contributed by atoms with E-state index in [1.165, 1.54) is 6.08 Å². The summed E-state index contributed by atoms with van der Waals surface area (Å²) in [5.41, 5.74) is 0.914. The fourth-order valence-electron chi connectivity index (χ4n) is 5.02. The first-order valence-corrected chi connectivity index (χ1v) is 12.2. The van der Waals surface area contributed by atoms with Crippen molar-refractivity contribution in [2.45, 2.75) is 51.2 Å². The first kappa shape index (κ1) is 24.6. The van der Waals surface area contributed by atoms with Gasteiger partial charge in [-0.3, -0.25) is 19.4 Å². The van der Waals surface area contributed by atoms with E-state index >= 15 is 0 Å². The average Bonchev–Trinajstić information content (AvgIpc) is 2.86. The second-order valence-electron chi connectivity index (χ2n) is 10.0. The Morgan fingerprint density at radius 3 is 2.43 bits per heavy atom. The minimum Gasteiger partial charge on any atom is -0.481 e. The van der Waals surface area contributed by atoms with E-state index in [1.807, 2.05) is 50.1 Å². The molecule has 2 aliphatic heterocycles. The number of hydrogen-bond acceptors (Lipinski definition) is 5. The predicted octanol–water partition coefficient (Wildman–Crippen LogP) is 3.66. The zero-order chi connectivity index (χ0) is 25.0. The normalized spacial score (nSPS) is 18.9. The molecule has 184 valence electrons. The third-order valence-corrected chi connectivity index (χ3v) is 6.85. The fourth-order valence-corrected chi connectivity index (χ4v) is 5.02. The molecule has 0 aliphatic carbocycles. The number of pyridine rings is 1. The lowest BCUT2D eigenvalue weighted by atomic mass is 9.84. The van der Waals surface area contributed by atoms with E-state index in [9.17, 15) is 14.4 Å². The Morgan fingerprint density at radius 2 is 1.80 bits per heavy atom. The smallest absolute Gasteiger partial charge is 0.289 e. The number of nitrogens with zero attached hydrogens (tertiary/aromatic N) is 3. The summed E-state index contributed by atoms with van der Waals surface area (Å²) in [6, 6.07) is 15.5. The highest BCUT2D eigenvalue weighted by Crippen LogP contribution is 2.30. The highest BCUT2D eigenvalue weighted by molar-refractivity contribution is 6.01. The summed E-state index contributed by atoms with van der Waals surface area (Å²) in [6.45, 7) is 4.74. The van der Waals surface area contributed by atoms with Crippen molar-refractivity contribution in [3.05, 3.63) is 77.8 Å². The van der Waals surface area contributed by atoms with Crippen molar-refractivity contribution in [3.63, 3.8) is 0 Å². The molecule has 0 radical (unpaired) electrons. The summed E-state index contributed by atoms with van der Waals surface area (Å²) in [6.07, 6.45) is 5.47. The molecular weight excluding hydrogens is 442 g/mol. The molecule has 0 spiro atoms. The Morgan fingerprint density at radius 1 is 1.11 bits per heavy atom. The number of hydrogen-bond donors (Lipinski definition) is 0. The zero-order valence-corrected chi connectivity index (χ0v) is 20.6. The van der Waals surface area contributed by atoms with E-state index in [0.29, 0.717) is 18.8 Å². The van der Waals surface area contributed by atoms with Crippen LogP contribution in [0.4, 0.5) is 0 Å². The summed E-state index contributed by atoms with van der Waals surface area (Å²) >= 11 is 0. The number of carbonyl (C=O) groups is 3. The molecule has 1 fully saturated rings. The Bertz CT molecular complexity index is 1090. The summed E-state index contributed by atoms with van der Waals surface area (Å²) in [5.74, 6) is -0.0741. The summed E-state index contributed by atoms with van der Waals surface area (Å²) in [7, 11) is 1.84. The van der Waals surface area contributed by atoms with Gasteiger partial charge in [-0.25, -0.2) is 0 Å². The van der Waals surface area contributed by atoms with Gasteiger partial charge in [0.05, 0.1) is 0 Å². The molecular formula is C28H33N3O4. The standard InChI is InChI=1S/C28H33N3O4/c1-28(2)19-22(32)18-25(35-28)27(34)31-15-12-21(13-16-31)24(17-20-9-5-4-6-10-20)30(3)26(33)23-11-7-8-14-29-23/h4-11,14,18,21,24H,12-13,15-17,19H2,1-3H3/t24-/m1/s1. The van der Waals surface area contributed by atoms with E-state index < -0.39 is 5.60 Å². The molecule has 0 saturated carbocycles. The molecule has 35 heavy (non-hydrogen) atoms. The number of allylic oxidation sites excluding steroid dienone is 1. The molecule has 4 rings (SSSR count). The van der Waals surface area contributed by atoms with Gasteiger partial charge in [-0.15, -0.1) is 0 Å². The van der Waals surface area contributed by atoms with Crippen LogP contribution in [0.15, 0.2) is 66.6 Å². The van der Waals surface area contributed by atoms with Crippen LogP contribution < -0.4 is 0 Å². The second-order valence-corrected chi connectivity index (χ2v) is 10.0. The van der Waals surface area contributed by atoms with Gasteiger partial charge in [0.2, 0.25) is 0 Å². The average molecular weight is 476 g/mol. The van der Waals surface area contributed by atoms with Gasteiger partial charge in [-0.2, -0.15) is 0 Å². The lowest BCUT2D eigenvalue weighted by Crippen LogP contribution is -2.49. The predicted molar refractivity (Wildman–Crippen MR) is 132 cm³/mol. The van der Waals surface area contributed by atoms with Gasteiger partial charge in [-0.1, -0.05) is 36.4 Å². The Kier molecular flexibility index (Phi) is 7.34. The first-order chi connectivity index (χ1) is 16.7. The van der Waals surface area contributed by atoms with Crippen molar-refractivity contribution in [3.8, 4) is 0 Å². The minimum atomic E-state index is -0.676. The number of benzene rings is 1. The van der Waals surface area contributed by atoms with Crippen molar-refractivity contribution in [2.24, 2.45) is 5.92 Å². The van der Waals surface area contributed by atoms with Crippen LogP contribution in [0.5, 0.6) is 0 Å². The van der Waals surface area contributed by atoms with Gasteiger partial charge in [-0.05, 0) is 56.7 Å². The Hall–Kier alpha value is -3.48. The molecule has 2 aromatic rings. The molecule has 1 saturated heterocycles. The molecule has 2 aliphatic rings. The Balaban J connectivity index is 1.47. The van der Waals surface area contributed by atoms with Crippen LogP contribution in [0, 0.1) is 5.92 Å². The number of likely N-dealkylation sites (N-methyl/N-ethyl adjacent to an activating group) is 1. The van der Waals surface area contributed by atoms with Crippen molar-refractivity contribution >= 4 is 17.6 Å². The second kappa shape index (κ2) is 10.4. The maximum atomic E-state index is 13.2. The molecule has 1 atom stereocenters. The first-order valence-electron chi connectivity index (χ1n) is 12.2. The van der Waals surface area contributed by atoms with Gasteiger partial charge in [0.1, 0.15) is 11.3 Å². The molecule has 7 nitrogen and oxygen atoms in total. The van der Waals surface area contributed by atoms with Gasteiger partial charge >= 0.3 is 0 Å². The lowest BCUT2D eigenvalue weighted by Gasteiger charge is -2.40. The summed E-state index contributed by atoms with van der Waals surface area (Å²) in [4.78, 5) is 46.2. The minimum absolute atomic E-state index is 0.0326. The Labute approximate surface area is 206 Å². The highest BCUT2D eigenvalue weighted by atomic mass is 16.5. The monoisotopic (exact) mass is 475 g/mol. The lowest BCUT2D eigenvalue weighted by molar-refractivity contribution is -0.139. The fraction of sp³-hybridized carbons (Fsp3) is 0.429. The number of carbonyl (C=O) groups excluding carboxylic acids is 3. The maximum absolute atomic E-state index is 13.2. The van der Waals surface area contributed by atoms with Gasteiger partial charge < -0.3 is 14.5 Å². The maximum Gasteiger partial charge on any atom is 0.289 e. The van der Waals surface area contributed by atoms with E-state index in [-0.39, 0.29) is 41.7 Å². The molecule has 3 heterocycles. The molecule has 0 unspecified atom stereocenters. The number of piperidine rings is 1. The van der Waals surface area contributed by atoms with Crippen molar-refractivity contribution < 1.29 is 19.1 Å². The summed E-state index contributed by atoms with van der Waals surface area (Å²) < 4.78 is 5.82. The topological polar surface area (TPSA) is 79.8 Å². The van der Waals surface area contributed by atoms with Crippen LogP contribution in [0.3, 0.4) is 0 Å².